The maximum absolute atomic E-state index is 13.4. The lowest BCUT2D eigenvalue weighted by atomic mass is 9.90. The second kappa shape index (κ2) is 7.99. The lowest BCUT2D eigenvalue weighted by molar-refractivity contribution is 0.205. The summed E-state index contributed by atoms with van der Waals surface area (Å²) in [4.78, 5) is 11.4. The Kier molecular flexibility index (Phi) is 4.84. The third-order valence-corrected chi connectivity index (χ3v) is 6.88. The van der Waals surface area contributed by atoms with E-state index >= 15 is 0 Å². The summed E-state index contributed by atoms with van der Waals surface area (Å²) in [7, 11) is 0. The maximum atomic E-state index is 13.4. The molecule has 0 atom stereocenters. The minimum atomic E-state index is -0.228. The lowest BCUT2D eigenvalue weighted by Crippen LogP contribution is -2.32. The standard InChI is InChI=1S/C27H25FN4/c28-23-6-8-24(9-7-23)32-17-25(27-26(32)15-29-18-30-27)21-10-12-31(13-11-21)16-19-4-5-20-2-1-3-22(20)14-19/h1,3-9,14-15,17-18,21H,2,10-13,16H2. The van der Waals surface area contributed by atoms with Crippen molar-refractivity contribution < 1.29 is 4.39 Å². The Morgan fingerprint density at radius 3 is 2.72 bits per heavy atom. The highest BCUT2D eigenvalue weighted by Crippen LogP contribution is 2.35. The maximum Gasteiger partial charge on any atom is 0.123 e. The predicted octanol–water partition coefficient (Wildman–Crippen LogP) is 5.51. The second-order valence-electron chi connectivity index (χ2n) is 8.88. The SMILES string of the molecule is Fc1ccc(-n2cc(C3CCN(Cc4ccc5c(c4)C=CC5)CC3)c3ncncc32)cc1. The summed E-state index contributed by atoms with van der Waals surface area (Å²) < 4.78 is 15.5. The first-order valence-corrected chi connectivity index (χ1v) is 11.3. The van der Waals surface area contributed by atoms with E-state index in [4.69, 9.17) is 0 Å². The smallest absolute Gasteiger partial charge is 0.123 e. The van der Waals surface area contributed by atoms with Gasteiger partial charge >= 0.3 is 0 Å². The first kappa shape index (κ1) is 19.4. The quantitative estimate of drug-likeness (QED) is 0.433. The Balaban J connectivity index is 1.21. The molecule has 2 aromatic heterocycles. The van der Waals surface area contributed by atoms with Gasteiger partial charge in [-0.1, -0.05) is 30.4 Å². The van der Waals surface area contributed by atoms with E-state index in [0.717, 1.165) is 55.6 Å². The molecule has 0 saturated carbocycles. The van der Waals surface area contributed by atoms with Gasteiger partial charge in [0.1, 0.15) is 12.1 Å². The molecular weight excluding hydrogens is 399 g/mol. The van der Waals surface area contributed by atoms with Crippen molar-refractivity contribution in [3.8, 4) is 5.69 Å². The van der Waals surface area contributed by atoms with E-state index in [1.807, 2.05) is 6.20 Å². The third kappa shape index (κ3) is 3.53. The van der Waals surface area contributed by atoms with Gasteiger partial charge < -0.3 is 4.57 Å². The van der Waals surface area contributed by atoms with Crippen LogP contribution in [0.5, 0.6) is 0 Å². The van der Waals surface area contributed by atoms with Crippen LogP contribution in [0.2, 0.25) is 0 Å². The summed E-state index contributed by atoms with van der Waals surface area (Å²) in [6.07, 6.45) is 13.4. The van der Waals surface area contributed by atoms with E-state index in [1.54, 1.807) is 18.5 Å². The largest absolute Gasteiger partial charge is 0.313 e. The van der Waals surface area contributed by atoms with Crippen LogP contribution >= 0.6 is 0 Å². The van der Waals surface area contributed by atoms with E-state index in [-0.39, 0.29) is 5.82 Å². The van der Waals surface area contributed by atoms with Crippen LogP contribution in [0.4, 0.5) is 4.39 Å². The van der Waals surface area contributed by atoms with E-state index in [2.05, 4.69) is 56.0 Å². The van der Waals surface area contributed by atoms with Crippen molar-refractivity contribution in [2.45, 2.75) is 31.7 Å². The van der Waals surface area contributed by atoms with Crippen molar-refractivity contribution >= 4 is 17.1 Å². The molecule has 1 saturated heterocycles. The number of halogens is 1. The highest BCUT2D eigenvalue weighted by atomic mass is 19.1. The molecule has 4 aromatic rings. The van der Waals surface area contributed by atoms with Crippen LogP contribution in [0.1, 0.15) is 41.0 Å². The molecule has 1 fully saturated rings. The Bertz CT molecular complexity index is 1300. The summed E-state index contributed by atoms with van der Waals surface area (Å²) >= 11 is 0. The zero-order valence-electron chi connectivity index (χ0n) is 17.9. The van der Waals surface area contributed by atoms with Crippen LogP contribution in [0, 0.1) is 5.82 Å². The van der Waals surface area contributed by atoms with Crippen LogP contribution in [-0.4, -0.2) is 32.5 Å². The van der Waals surface area contributed by atoms with Crippen molar-refractivity contribution in [2.75, 3.05) is 13.1 Å². The number of nitrogens with zero attached hydrogens (tertiary/aromatic N) is 4. The van der Waals surface area contributed by atoms with Gasteiger partial charge in [-0.25, -0.2) is 14.4 Å². The minimum absolute atomic E-state index is 0.228. The molecule has 160 valence electrons. The fraction of sp³-hybridized carbons (Fsp3) is 0.259. The molecule has 2 aromatic carbocycles. The monoisotopic (exact) mass is 424 g/mol. The fourth-order valence-electron chi connectivity index (χ4n) is 5.16. The highest BCUT2D eigenvalue weighted by molar-refractivity contribution is 5.81. The summed E-state index contributed by atoms with van der Waals surface area (Å²) in [5.74, 6) is 0.238. The summed E-state index contributed by atoms with van der Waals surface area (Å²) in [5.41, 5.74) is 8.40. The average molecular weight is 425 g/mol. The fourth-order valence-corrected chi connectivity index (χ4v) is 5.16. The summed E-state index contributed by atoms with van der Waals surface area (Å²) in [5, 5.41) is 0. The van der Waals surface area contributed by atoms with E-state index in [0.29, 0.717) is 5.92 Å². The molecule has 0 radical (unpaired) electrons. The van der Waals surface area contributed by atoms with E-state index in [9.17, 15) is 4.39 Å². The molecule has 6 rings (SSSR count). The number of hydrogen-bond donors (Lipinski definition) is 0. The molecule has 0 N–H and O–H groups in total. The Labute approximate surface area is 187 Å². The van der Waals surface area contributed by atoms with Crippen molar-refractivity contribution in [1.82, 2.24) is 19.4 Å². The molecule has 0 unspecified atom stereocenters. The van der Waals surface area contributed by atoms with Crippen LogP contribution < -0.4 is 0 Å². The highest BCUT2D eigenvalue weighted by Gasteiger charge is 2.25. The van der Waals surface area contributed by atoms with E-state index < -0.39 is 0 Å². The number of hydrogen-bond acceptors (Lipinski definition) is 3. The van der Waals surface area contributed by atoms with E-state index in [1.165, 1.54) is 34.4 Å². The number of fused-ring (bicyclic) bond motifs is 2. The normalized spacial score (nSPS) is 16.7. The summed E-state index contributed by atoms with van der Waals surface area (Å²) in [6.45, 7) is 3.16. The molecule has 1 aliphatic heterocycles. The van der Waals surface area contributed by atoms with Crippen LogP contribution in [0.15, 0.2) is 67.3 Å². The van der Waals surface area contributed by atoms with Gasteiger partial charge in [0, 0.05) is 18.4 Å². The molecule has 0 spiro atoms. The van der Waals surface area contributed by atoms with Gasteiger partial charge in [-0.15, -0.1) is 0 Å². The first-order chi connectivity index (χ1) is 15.7. The average Bonchev–Trinajstić information content (AvgIpc) is 3.45. The van der Waals surface area contributed by atoms with Crippen molar-refractivity contribution in [3.05, 3.63) is 95.3 Å². The topological polar surface area (TPSA) is 34.0 Å². The number of rotatable bonds is 4. The molecule has 5 heteroatoms. The first-order valence-electron chi connectivity index (χ1n) is 11.3. The Hall–Kier alpha value is -3.31. The molecule has 1 aliphatic carbocycles. The number of allylic oxidation sites excluding steroid dienone is 1. The minimum Gasteiger partial charge on any atom is -0.313 e. The number of likely N-dealkylation sites (tertiary alicyclic amines) is 1. The van der Waals surface area contributed by atoms with Crippen LogP contribution in [-0.2, 0) is 13.0 Å². The van der Waals surface area contributed by atoms with Gasteiger partial charge in [-0.05, 0) is 84.8 Å². The summed E-state index contributed by atoms with van der Waals surface area (Å²) in [6, 6.07) is 13.5. The molecule has 32 heavy (non-hydrogen) atoms. The number of benzene rings is 2. The van der Waals surface area contributed by atoms with Gasteiger partial charge in [-0.2, -0.15) is 0 Å². The molecule has 2 aliphatic rings. The van der Waals surface area contributed by atoms with Crippen molar-refractivity contribution in [2.24, 2.45) is 0 Å². The zero-order valence-corrected chi connectivity index (χ0v) is 17.9. The zero-order chi connectivity index (χ0) is 21.5. The van der Waals surface area contributed by atoms with Gasteiger partial charge in [0.05, 0.1) is 17.2 Å². The number of aromatic nitrogens is 3. The van der Waals surface area contributed by atoms with Gasteiger partial charge in [0.25, 0.3) is 0 Å². The molecule has 4 nitrogen and oxygen atoms in total. The molecular formula is C27H25FN4. The third-order valence-electron chi connectivity index (χ3n) is 6.88. The van der Waals surface area contributed by atoms with Crippen LogP contribution in [0.3, 0.4) is 0 Å². The Morgan fingerprint density at radius 2 is 1.88 bits per heavy atom. The second-order valence-corrected chi connectivity index (χ2v) is 8.88. The van der Waals surface area contributed by atoms with Gasteiger partial charge in [0.2, 0.25) is 0 Å². The van der Waals surface area contributed by atoms with Crippen molar-refractivity contribution in [1.29, 1.82) is 0 Å². The lowest BCUT2D eigenvalue weighted by Gasteiger charge is -2.32. The van der Waals surface area contributed by atoms with Crippen molar-refractivity contribution in [3.63, 3.8) is 0 Å². The predicted molar refractivity (Wildman–Crippen MR) is 125 cm³/mol. The van der Waals surface area contributed by atoms with Gasteiger partial charge in [0.15, 0.2) is 0 Å². The molecule has 0 bridgehead atoms. The Morgan fingerprint density at radius 1 is 1.03 bits per heavy atom. The van der Waals surface area contributed by atoms with Gasteiger partial charge in [-0.3, -0.25) is 4.90 Å². The molecule has 3 heterocycles. The molecule has 0 amide bonds. The van der Waals surface area contributed by atoms with Crippen LogP contribution in [0.25, 0.3) is 22.8 Å². The number of piperidine rings is 1.